The molecule has 7 heterocycles. The molecule has 5 aromatic heterocycles. The lowest BCUT2D eigenvalue weighted by Gasteiger charge is -2.32. The largest absolute Gasteiger partial charge is 0.493 e. The zero-order valence-electron chi connectivity index (χ0n) is 77.8. The van der Waals surface area contributed by atoms with Crippen molar-refractivity contribution in [2.24, 2.45) is 0 Å². The van der Waals surface area contributed by atoms with E-state index in [1.54, 1.807) is 88.8 Å². The standard InChI is InChI=1S/C28H35N5O3.C27H32N4O3S.C26H27N5O3.C21H21F2N3O3S/c1-4-33-26-19-23(36-17-7-12-32-15-13-31(3)14-16-32)10-11-24(26)25(20-29)27(33)21-8-6-9-22(18-21)30-28(34)35-5-2;1-3-31-25-18-22(34-14-6-11-30-12-15-35-16-13-30)9-10-23(25)24(19-28)26(31)20-7-5-8-21(17-20)29-27(32)33-4-2;1-3-31-24-16-21(34-14-6-12-30-13-11-28-18-30)9-10-22(24)23(17-27)25(31)19-7-5-8-20(15-19)29-26(32)33-4-2;1-4-30(27,28)25-15-7-5-14(6-8-15)20-18(12-24)17-10-9-16(29-21(22)23)11-19(17)26(20)13(2)3/h6,8-11,18-19H,4-5,7,12-17H2,1-3H3,(H,30,34);5,7-10,17-18H,3-4,6,11-16H2,1-2H3,(H,29,32);5,7-11,13,15-16,18H,3-4,6,12,14H2,1-2H3,(H,29,32);5-11,13,21,25H,4H2,1-3H3. The molecule has 15 rings (SSSR count). The monoisotopic (exact) mass is 1870 g/mol. The number of hydrogen-bond donors (Lipinski definition) is 4. The van der Waals surface area contributed by atoms with Crippen LogP contribution in [0.2, 0.25) is 0 Å². The molecule has 8 aromatic carbocycles. The van der Waals surface area contributed by atoms with Gasteiger partial charge >= 0.3 is 24.9 Å². The Kier molecular flexibility index (Phi) is 35.9. The summed E-state index contributed by atoms with van der Waals surface area (Å²) in [6, 6.07) is 60.6. The highest BCUT2D eigenvalue weighted by molar-refractivity contribution is 7.99. The summed E-state index contributed by atoms with van der Waals surface area (Å²) in [5, 5.41) is 51.4. The Labute approximate surface area is 790 Å². The number of thioether (sulfide) groups is 1. The van der Waals surface area contributed by atoms with E-state index < -0.39 is 34.9 Å². The lowest BCUT2D eigenvalue weighted by molar-refractivity contribution is -0.0497. The summed E-state index contributed by atoms with van der Waals surface area (Å²) in [7, 11) is -1.23. The first-order valence-electron chi connectivity index (χ1n) is 45.5. The van der Waals surface area contributed by atoms with Crippen molar-refractivity contribution >= 4 is 106 Å². The molecule has 0 spiro atoms. The van der Waals surface area contributed by atoms with Crippen LogP contribution in [0.15, 0.2) is 189 Å². The molecule has 0 saturated carbocycles. The number of sulfonamides is 1. The number of nitrogens with one attached hydrogen (secondary N) is 4. The number of likely N-dealkylation sites (N-methyl/N-ethyl adjacent to an activating group) is 1. The zero-order valence-corrected chi connectivity index (χ0v) is 79.4. The molecule has 29 nitrogen and oxygen atoms in total. The Morgan fingerprint density at radius 3 is 1.21 bits per heavy atom. The van der Waals surface area contributed by atoms with Gasteiger partial charge in [0.25, 0.3) is 0 Å². The maximum Gasteiger partial charge on any atom is 0.411 e. The molecule has 0 radical (unpaired) electrons. The van der Waals surface area contributed by atoms with Crippen LogP contribution in [-0.2, 0) is 50.4 Å². The third-order valence-corrected chi connectivity index (χ3v) is 25.1. The molecule has 4 N–H and O–H groups in total. The Bertz CT molecular complexity index is 6550. The van der Waals surface area contributed by atoms with Crippen LogP contribution in [0.4, 0.5) is 45.9 Å². The molecule has 2 fully saturated rings. The summed E-state index contributed by atoms with van der Waals surface area (Å²) in [4.78, 5) is 47.0. The van der Waals surface area contributed by atoms with Crippen LogP contribution >= 0.6 is 11.8 Å². The number of nitriles is 4. The van der Waals surface area contributed by atoms with Crippen LogP contribution in [-0.4, -0.2) is 192 Å². The predicted octanol–water partition coefficient (Wildman–Crippen LogP) is 20.9. The number of aromatic nitrogens is 6. The number of alkyl halides is 2. The number of amides is 3. The lowest BCUT2D eigenvalue weighted by atomic mass is 10.1. The van der Waals surface area contributed by atoms with Crippen molar-refractivity contribution < 1.29 is 64.7 Å². The topological polar surface area (TPSA) is 340 Å². The zero-order chi connectivity index (χ0) is 96.1. The van der Waals surface area contributed by atoms with E-state index in [4.69, 9.17) is 28.4 Å². The lowest BCUT2D eigenvalue weighted by Crippen LogP contribution is -2.44. The summed E-state index contributed by atoms with van der Waals surface area (Å²) in [5.74, 6) is 4.79. The Hall–Kier alpha value is -14.1. The van der Waals surface area contributed by atoms with Gasteiger partial charge in [0.05, 0.1) is 119 Å². The van der Waals surface area contributed by atoms with E-state index >= 15 is 0 Å². The Balaban J connectivity index is 0.000000162. The van der Waals surface area contributed by atoms with Gasteiger partial charge in [-0.1, -0.05) is 48.5 Å². The van der Waals surface area contributed by atoms with Gasteiger partial charge in [-0.15, -0.1) is 0 Å². The predicted molar refractivity (Wildman–Crippen MR) is 528 cm³/mol. The number of carbonyl (C=O) groups is 3. The SMILES string of the molecule is CCOC(=O)Nc1cccc(-c2c(C#N)c3ccc(OCCCN4CCN(C)CC4)cc3n2CC)c1.CCOC(=O)Nc1cccc(-c2c(C#N)c3ccc(OCCCN4CCSCC4)cc3n2CC)c1.CCOC(=O)Nc1cccc(-c2c(C#N)c3ccc(OCCCn4ccnc4)cc3n2CC)c1.CCS(=O)(=O)Nc1ccc(-c2c(C#N)c3ccc(OC(F)F)cc3n2C(C)C)cc1. The second-order valence-corrected chi connectivity index (χ2v) is 35.2. The van der Waals surface area contributed by atoms with Gasteiger partial charge < -0.3 is 70.7 Å². The number of ether oxygens (including phenoxy) is 7. The fourth-order valence-electron chi connectivity index (χ4n) is 16.6. The van der Waals surface area contributed by atoms with Crippen molar-refractivity contribution in [3.63, 3.8) is 0 Å². The van der Waals surface area contributed by atoms with Crippen LogP contribution in [0.3, 0.4) is 0 Å². The highest BCUT2D eigenvalue weighted by Gasteiger charge is 2.27. The number of carbonyl (C=O) groups excluding carboxylic acids is 3. The smallest absolute Gasteiger partial charge is 0.411 e. The van der Waals surface area contributed by atoms with Crippen molar-refractivity contribution in [3.05, 3.63) is 211 Å². The maximum absolute atomic E-state index is 12.6. The van der Waals surface area contributed by atoms with Gasteiger partial charge in [0.2, 0.25) is 10.0 Å². The molecule has 0 bridgehead atoms. The summed E-state index contributed by atoms with van der Waals surface area (Å²) in [6.07, 6.45) is 6.82. The average Bonchev–Trinajstić information content (AvgIpc) is 1.61. The summed E-state index contributed by atoms with van der Waals surface area (Å²) in [6.45, 7) is 28.5. The van der Waals surface area contributed by atoms with E-state index in [-0.39, 0.29) is 17.5 Å². The van der Waals surface area contributed by atoms with E-state index in [2.05, 4.69) is 104 Å². The highest BCUT2D eigenvalue weighted by atomic mass is 32.2. The van der Waals surface area contributed by atoms with Crippen molar-refractivity contribution in [1.29, 1.82) is 21.0 Å². The van der Waals surface area contributed by atoms with Crippen molar-refractivity contribution in [1.82, 2.24) is 42.5 Å². The molecule has 2 aliphatic rings. The fourth-order valence-corrected chi connectivity index (χ4v) is 18.2. The number of halogens is 2. The molecular formula is C102H115F2N17O12S2. The average molecular weight is 1870 g/mol. The number of piperazine rings is 1. The van der Waals surface area contributed by atoms with Crippen LogP contribution in [0.25, 0.3) is 88.6 Å². The number of fused-ring (bicyclic) bond motifs is 4. The van der Waals surface area contributed by atoms with Gasteiger partial charge in [-0.05, 0) is 191 Å². The number of benzene rings is 8. The molecule has 0 atom stereocenters. The maximum atomic E-state index is 12.6. The molecule has 2 saturated heterocycles. The van der Waals surface area contributed by atoms with Crippen LogP contribution in [0.1, 0.15) is 110 Å². The Morgan fingerprint density at radius 2 is 0.844 bits per heavy atom. The number of hydrogen-bond acceptors (Lipinski definition) is 21. The van der Waals surface area contributed by atoms with Gasteiger partial charge in [0, 0.05) is 194 Å². The second-order valence-electron chi connectivity index (χ2n) is 32.0. The van der Waals surface area contributed by atoms with Gasteiger partial charge in [-0.2, -0.15) is 41.6 Å². The number of nitrogens with zero attached hydrogens (tertiary/aromatic N) is 13. The fraction of sp³-hybridized carbons (Fsp3) is 0.353. The molecule has 3 amide bonds. The first kappa shape index (κ1) is 99.9. The van der Waals surface area contributed by atoms with Gasteiger partial charge in [-0.25, -0.2) is 27.8 Å². The van der Waals surface area contributed by atoms with Gasteiger partial charge in [0.15, 0.2) is 0 Å². The molecule has 33 heteroatoms. The molecule has 706 valence electrons. The molecule has 0 unspecified atom stereocenters. The first-order valence-corrected chi connectivity index (χ1v) is 48.3. The molecule has 2 aliphatic heterocycles. The second kappa shape index (κ2) is 48.6. The van der Waals surface area contributed by atoms with Crippen LogP contribution < -0.4 is 39.6 Å². The summed E-state index contributed by atoms with van der Waals surface area (Å²) < 4.78 is 99.3. The van der Waals surface area contributed by atoms with Crippen molar-refractivity contribution in [3.8, 4) is 92.3 Å². The summed E-state index contributed by atoms with van der Waals surface area (Å²) in [5.41, 5.74) is 14.3. The van der Waals surface area contributed by atoms with Crippen molar-refractivity contribution in [2.75, 3.05) is 137 Å². The van der Waals surface area contributed by atoms with E-state index in [0.29, 0.717) is 126 Å². The number of imidazole rings is 1. The minimum Gasteiger partial charge on any atom is -0.493 e. The normalized spacial score (nSPS) is 12.8. The minimum absolute atomic E-state index is 0.0114. The molecule has 0 aliphatic carbocycles. The third-order valence-electron chi connectivity index (χ3n) is 22.9. The summed E-state index contributed by atoms with van der Waals surface area (Å²) >= 11 is 2.03. The van der Waals surface area contributed by atoms with E-state index in [1.165, 1.54) is 23.6 Å². The van der Waals surface area contributed by atoms with Crippen LogP contribution in [0, 0.1) is 45.3 Å². The van der Waals surface area contributed by atoms with E-state index in [9.17, 15) is 52.6 Å². The van der Waals surface area contributed by atoms with Gasteiger partial charge in [0.1, 0.15) is 47.3 Å². The molecule has 13 aromatic rings. The number of rotatable bonds is 34. The van der Waals surface area contributed by atoms with Crippen molar-refractivity contribution in [2.45, 2.75) is 120 Å². The van der Waals surface area contributed by atoms with Crippen LogP contribution in [0.5, 0.6) is 23.0 Å². The molecule has 135 heavy (non-hydrogen) atoms. The van der Waals surface area contributed by atoms with Gasteiger partial charge in [-0.3, -0.25) is 20.7 Å². The third kappa shape index (κ3) is 25.7. The molecular weight excluding hydrogens is 1760 g/mol. The van der Waals surface area contributed by atoms with E-state index in [1.807, 2.05) is 157 Å². The Morgan fingerprint density at radius 1 is 0.459 bits per heavy atom. The number of aryl methyl sites for hydroxylation is 4. The quantitative estimate of drug-likeness (QED) is 0.0215. The first-order chi connectivity index (χ1) is 65.5. The minimum atomic E-state index is -3.40. The van der Waals surface area contributed by atoms with E-state index in [0.717, 1.165) is 162 Å². The number of anilines is 4. The highest BCUT2D eigenvalue weighted by Crippen LogP contribution is 2.43.